The zero-order valence-electron chi connectivity index (χ0n) is 10.8. The van der Waals surface area contributed by atoms with E-state index in [9.17, 15) is 4.39 Å². The molecule has 0 aliphatic rings. The SMILES string of the molecule is CCc1nn(C)c(Nc2cc(C)ccc2F)c1N. The third kappa shape index (κ3) is 2.16. The first-order chi connectivity index (χ1) is 8.52. The lowest BCUT2D eigenvalue weighted by Gasteiger charge is -2.09. The van der Waals surface area contributed by atoms with Crippen molar-refractivity contribution < 1.29 is 4.39 Å². The number of nitrogen functional groups attached to an aromatic ring is 1. The van der Waals surface area contributed by atoms with E-state index in [-0.39, 0.29) is 5.82 Å². The van der Waals surface area contributed by atoms with E-state index >= 15 is 0 Å². The molecule has 3 N–H and O–H groups in total. The largest absolute Gasteiger partial charge is 0.394 e. The number of halogens is 1. The van der Waals surface area contributed by atoms with E-state index in [1.165, 1.54) is 6.07 Å². The van der Waals surface area contributed by atoms with Crippen LogP contribution in [0.3, 0.4) is 0 Å². The van der Waals surface area contributed by atoms with Crippen LogP contribution in [0.4, 0.5) is 21.6 Å². The Morgan fingerprint density at radius 3 is 2.78 bits per heavy atom. The number of nitrogens with zero attached hydrogens (tertiary/aromatic N) is 2. The van der Waals surface area contributed by atoms with Crippen LogP contribution in [-0.4, -0.2) is 9.78 Å². The molecule has 0 aliphatic carbocycles. The van der Waals surface area contributed by atoms with Gasteiger partial charge in [-0.05, 0) is 31.0 Å². The molecule has 18 heavy (non-hydrogen) atoms. The molecule has 0 saturated heterocycles. The number of hydrogen-bond donors (Lipinski definition) is 2. The summed E-state index contributed by atoms with van der Waals surface area (Å²) in [5.74, 6) is 0.315. The van der Waals surface area contributed by atoms with Crippen molar-refractivity contribution in [2.75, 3.05) is 11.1 Å². The quantitative estimate of drug-likeness (QED) is 0.878. The van der Waals surface area contributed by atoms with E-state index in [2.05, 4.69) is 10.4 Å². The number of nitrogens with one attached hydrogen (secondary N) is 1. The van der Waals surface area contributed by atoms with Gasteiger partial charge in [-0.2, -0.15) is 5.10 Å². The fourth-order valence-electron chi connectivity index (χ4n) is 1.87. The lowest BCUT2D eigenvalue weighted by Crippen LogP contribution is -2.03. The van der Waals surface area contributed by atoms with Crippen LogP contribution >= 0.6 is 0 Å². The molecular formula is C13H17FN4. The summed E-state index contributed by atoms with van der Waals surface area (Å²) in [4.78, 5) is 0. The maximum atomic E-state index is 13.7. The highest BCUT2D eigenvalue weighted by Gasteiger charge is 2.13. The van der Waals surface area contributed by atoms with Crippen molar-refractivity contribution in [3.05, 3.63) is 35.3 Å². The minimum atomic E-state index is -0.306. The molecule has 0 saturated carbocycles. The molecule has 0 aliphatic heterocycles. The standard InChI is InChI=1S/C13H17FN4/c1-4-10-12(15)13(18(3)17-10)16-11-7-8(2)5-6-9(11)14/h5-7,16H,4,15H2,1-3H3. The third-order valence-corrected chi connectivity index (χ3v) is 2.87. The second kappa shape index (κ2) is 4.68. The highest BCUT2D eigenvalue weighted by molar-refractivity contribution is 5.71. The Hall–Kier alpha value is -2.04. The van der Waals surface area contributed by atoms with Crippen molar-refractivity contribution in [2.24, 2.45) is 7.05 Å². The molecule has 0 spiro atoms. The number of aryl methyl sites for hydroxylation is 3. The molecule has 5 heteroatoms. The predicted molar refractivity (Wildman–Crippen MR) is 71.4 cm³/mol. The Kier molecular flexibility index (Phi) is 3.23. The molecule has 0 unspecified atom stereocenters. The Morgan fingerprint density at radius 2 is 2.17 bits per heavy atom. The van der Waals surface area contributed by atoms with Crippen LogP contribution < -0.4 is 11.1 Å². The minimum Gasteiger partial charge on any atom is -0.394 e. The van der Waals surface area contributed by atoms with Gasteiger partial charge in [-0.1, -0.05) is 13.0 Å². The summed E-state index contributed by atoms with van der Waals surface area (Å²) in [6, 6.07) is 4.91. The first-order valence-electron chi connectivity index (χ1n) is 5.87. The molecule has 1 aromatic heterocycles. The van der Waals surface area contributed by atoms with Gasteiger partial charge in [-0.25, -0.2) is 4.39 Å². The van der Waals surface area contributed by atoms with Gasteiger partial charge < -0.3 is 11.1 Å². The molecule has 4 nitrogen and oxygen atoms in total. The zero-order valence-corrected chi connectivity index (χ0v) is 10.8. The van der Waals surface area contributed by atoms with E-state index in [1.54, 1.807) is 23.9 Å². The lowest BCUT2D eigenvalue weighted by atomic mass is 10.2. The Bertz CT molecular complexity index is 575. The number of rotatable bonds is 3. The maximum Gasteiger partial charge on any atom is 0.152 e. The van der Waals surface area contributed by atoms with Crippen LogP contribution in [0.1, 0.15) is 18.2 Å². The fraction of sp³-hybridized carbons (Fsp3) is 0.308. The van der Waals surface area contributed by atoms with E-state index < -0.39 is 0 Å². The van der Waals surface area contributed by atoms with Crippen LogP contribution in [0.25, 0.3) is 0 Å². The van der Waals surface area contributed by atoms with E-state index in [1.807, 2.05) is 13.8 Å². The Morgan fingerprint density at radius 1 is 1.44 bits per heavy atom. The van der Waals surface area contributed by atoms with Gasteiger partial charge in [-0.15, -0.1) is 0 Å². The zero-order chi connectivity index (χ0) is 13.3. The van der Waals surface area contributed by atoms with Crippen LogP contribution in [-0.2, 0) is 13.5 Å². The predicted octanol–water partition coefficient (Wildman–Crippen LogP) is 2.76. The molecule has 1 aromatic carbocycles. The van der Waals surface area contributed by atoms with Gasteiger partial charge in [0.15, 0.2) is 5.82 Å². The van der Waals surface area contributed by atoms with Gasteiger partial charge in [0, 0.05) is 7.05 Å². The Labute approximate surface area is 106 Å². The maximum absolute atomic E-state index is 13.7. The summed E-state index contributed by atoms with van der Waals surface area (Å²) in [5.41, 5.74) is 8.76. The van der Waals surface area contributed by atoms with Gasteiger partial charge in [0.05, 0.1) is 17.1 Å². The Balaban J connectivity index is 2.39. The fourth-order valence-corrected chi connectivity index (χ4v) is 1.87. The highest BCUT2D eigenvalue weighted by atomic mass is 19.1. The molecule has 0 atom stereocenters. The van der Waals surface area contributed by atoms with E-state index in [0.29, 0.717) is 17.2 Å². The van der Waals surface area contributed by atoms with E-state index in [4.69, 9.17) is 5.73 Å². The molecule has 96 valence electrons. The number of hydrogen-bond acceptors (Lipinski definition) is 3. The second-order valence-electron chi connectivity index (χ2n) is 4.29. The van der Waals surface area contributed by atoms with Gasteiger partial charge in [0.2, 0.25) is 0 Å². The summed E-state index contributed by atoms with van der Waals surface area (Å²) in [6.45, 7) is 3.89. The number of anilines is 3. The molecule has 2 rings (SSSR count). The van der Waals surface area contributed by atoms with Crippen molar-refractivity contribution in [1.82, 2.24) is 9.78 Å². The lowest BCUT2D eigenvalue weighted by molar-refractivity contribution is 0.631. The van der Waals surface area contributed by atoms with Gasteiger partial charge in [0.25, 0.3) is 0 Å². The van der Waals surface area contributed by atoms with Crippen LogP contribution in [0.15, 0.2) is 18.2 Å². The molecule has 2 aromatic rings. The van der Waals surface area contributed by atoms with E-state index in [0.717, 1.165) is 17.7 Å². The molecule has 0 radical (unpaired) electrons. The number of benzene rings is 1. The molecule has 0 bridgehead atoms. The smallest absolute Gasteiger partial charge is 0.152 e. The number of nitrogens with two attached hydrogens (primary N) is 1. The average Bonchev–Trinajstić information content (AvgIpc) is 2.61. The summed E-state index contributed by atoms with van der Waals surface area (Å²) in [5, 5.41) is 7.29. The van der Waals surface area contributed by atoms with Gasteiger partial charge in [0.1, 0.15) is 5.82 Å². The van der Waals surface area contributed by atoms with Crippen molar-refractivity contribution in [2.45, 2.75) is 20.3 Å². The van der Waals surface area contributed by atoms with Crippen molar-refractivity contribution in [3.8, 4) is 0 Å². The van der Waals surface area contributed by atoms with Crippen molar-refractivity contribution in [1.29, 1.82) is 0 Å². The first kappa shape index (κ1) is 12.4. The van der Waals surface area contributed by atoms with Gasteiger partial charge in [-0.3, -0.25) is 4.68 Å². The summed E-state index contributed by atoms with van der Waals surface area (Å²) < 4.78 is 15.3. The third-order valence-electron chi connectivity index (χ3n) is 2.87. The number of aromatic nitrogens is 2. The van der Waals surface area contributed by atoms with Crippen LogP contribution in [0.5, 0.6) is 0 Å². The monoisotopic (exact) mass is 248 g/mol. The molecular weight excluding hydrogens is 231 g/mol. The first-order valence-corrected chi connectivity index (χ1v) is 5.87. The molecule has 0 fully saturated rings. The second-order valence-corrected chi connectivity index (χ2v) is 4.29. The topological polar surface area (TPSA) is 55.9 Å². The van der Waals surface area contributed by atoms with Crippen LogP contribution in [0.2, 0.25) is 0 Å². The minimum absolute atomic E-state index is 0.306. The van der Waals surface area contributed by atoms with Crippen molar-refractivity contribution in [3.63, 3.8) is 0 Å². The summed E-state index contributed by atoms with van der Waals surface area (Å²) in [6.07, 6.45) is 0.748. The molecule has 0 amide bonds. The van der Waals surface area contributed by atoms with Crippen LogP contribution in [0, 0.1) is 12.7 Å². The highest BCUT2D eigenvalue weighted by Crippen LogP contribution is 2.27. The van der Waals surface area contributed by atoms with Gasteiger partial charge >= 0.3 is 0 Å². The molecule has 1 heterocycles. The summed E-state index contributed by atoms with van der Waals surface area (Å²) in [7, 11) is 1.78. The van der Waals surface area contributed by atoms with Crippen molar-refractivity contribution >= 4 is 17.2 Å². The summed E-state index contributed by atoms with van der Waals surface area (Å²) >= 11 is 0. The average molecular weight is 248 g/mol. The normalized spacial score (nSPS) is 10.7.